The fraction of sp³-hybridized carbons (Fsp3) is 0.0476. The number of aromatic nitrogens is 1. The molecule has 0 unspecified atom stereocenters. The number of carbonyl (C=O) groups is 1. The molecule has 0 atom stereocenters. The molecule has 0 saturated heterocycles. The number of rotatable bonds is 4. The average molecular weight is 381 g/mol. The van der Waals surface area contributed by atoms with Gasteiger partial charge in [0, 0.05) is 21.8 Å². The number of anilines is 1. The van der Waals surface area contributed by atoms with E-state index in [1.54, 1.807) is 30.3 Å². The van der Waals surface area contributed by atoms with Gasteiger partial charge in [-0.05, 0) is 48.5 Å². The molecule has 1 N–H and O–H groups in total. The number of para-hydroxylation sites is 2. The van der Waals surface area contributed by atoms with Crippen LogP contribution in [0, 0.1) is 5.82 Å². The first-order valence-corrected chi connectivity index (χ1v) is 8.67. The highest BCUT2D eigenvalue weighted by molar-refractivity contribution is 6.31. The Morgan fingerprint density at radius 1 is 1.04 bits per heavy atom. The van der Waals surface area contributed by atoms with Crippen LogP contribution in [0.1, 0.15) is 5.56 Å². The standard InChI is InChI=1S/C21H14ClFN2O2/c22-16-4-3-5-17(23)15(16)12-20(26)24-14-10-8-13(9-11-14)21-25-18-6-1-2-7-19(18)27-21/h1-11H,12H2,(H,24,26). The molecular weight excluding hydrogens is 367 g/mol. The van der Waals surface area contributed by atoms with Gasteiger partial charge in [0.05, 0.1) is 6.42 Å². The van der Waals surface area contributed by atoms with E-state index >= 15 is 0 Å². The lowest BCUT2D eigenvalue weighted by Crippen LogP contribution is -2.15. The Morgan fingerprint density at radius 3 is 2.56 bits per heavy atom. The molecule has 0 fully saturated rings. The average Bonchev–Trinajstić information content (AvgIpc) is 3.10. The summed E-state index contributed by atoms with van der Waals surface area (Å²) in [6.07, 6.45) is -0.140. The van der Waals surface area contributed by atoms with Crippen LogP contribution in [0.4, 0.5) is 10.1 Å². The zero-order valence-corrected chi connectivity index (χ0v) is 14.8. The molecule has 0 aliphatic rings. The molecule has 1 aromatic heterocycles. The Balaban J connectivity index is 1.48. The molecule has 0 spiro atoms. The molecule has 0 saturated carbocycles. The van der Waals surface area contributed by atoms with Gasteiger partial charge in [0.15, 0.2) is 5.58 Å². The smallest absolute Gasteiger partial charge is 0.228 e. The first-order valence-electron chi connectivity index (χ1n) is 8.29. The molecule has 27 heavy (non-hydrogen) atoms. The van der Waals surface area contributed by atoms with Gasteiger partial charge in [-0.1, -0.05) is 29.8 Å². The molecule has 4 aromatic rings. The van der Waals surface area contributed by atoms with Gasteiger partial charge in [0.2, 0.25) is 11.8 Å². The zero-order chi connectivity index (χ0) is 18.8. The third-order valence-electron chi connectivity index (χ3n) is 4.11. The van der Waals surface area contributed by atoms with Crippen molar-refractivity contribution in [1.82, 2.24) is 4.98 Å². The molecule has 134 valence electrons. The zero-order valence-electron chi connectivity index (χ0n) is 14.1. The van der Waals surface area contributed by atoms with Gasteiger partial charge in [0.1, 0.15) is 11.3 Å². The Hall–Kier alpha value is -3.18. The Labute approximate surface area is 159 Å². The molecule has 0 radical (unpaired) electrons. The summed E-state index contributed by atoms with van der Waals surface area (Å²) < 4.78 is 19.5. The number of hydrogen-bond acceptors (Lipinski definition) is 3. The molecule has 4 rings (SSSR count). The molecule has 0 aliphatic heterocycles. The number of oxazole rings is 1. The maximum Gasteiger partial charge on any atom is 0.228 e. The maximum atomic E-state index is 13.8. The van der Waals surface area contributed by atoms with E-state index < -0.39 is 5.82 Å². The summed E-state index contributed by atoms with van der Waals surface area (Å²) in [6, 6.07) is 18.9. The Morgan fingerprint density at radius 2 is 1.81 bits per heavy atom. The number of hydrogen-bond donors (Lipinski definition) is 1. The van der Waals surface area contributed by atoms with E-state index in [0.717, 1.165) is 11.1 Å². The molecular formula is C21H14ClFN2O2. The normalized spacial score (nSPS) is 10.9. The first kappa shape index (κ1) is 17.2. The molecule has 0 bridgehead atoms. The minimum atomic E-state index is -0.496. The third kappa shape index (κ3) is 3.68. The van der Waals surface area contributed by atoms with E-state index in [1.807, 2.05) is 24.3 Å². The van der Waals surface area contributed by atoms with Gasteiger partial charge in [-0.2, -0.15) is 0 Å². The molecule has 3 aromatic carbocycles. The van der Waals surface area contributed by atoms with Gasteiger partial charge >= 0.3 is 0 Å². The summed E-state index contributed by atoms with van der Waals surface area (Å²) in [5.41, 5.74) is 3.06. The number of amides is 1. The first-order chi connectivity index (χ1) is 13.1. The lowest BCUT2D eigenvalue weighted by molar-refractivity contribution is -0.115. The quantitative estimate of drug-likeness (QED) is 0.511. The lowest BCUT2D eigenvalue weighted by atomic mass is 10.1. The summed E-state index contributed by atoms with van der Waals surface area (Å²) in [6.45, 7) is 0. The van der Waals surface area contributed by atoms with Crippen LogP contribution in [-0.4, -0.2) is 10.9 Å². The van der Waals surface area contributed by atoms with Crippen molar-refractivity contribution in [3.8, 4) is 11.5 Å². The second-order valence-electron chi connectivity index (χ2n) is 5.99. The van der Waals surface area contributed by atoms with Gasteiger partial charge < -0.3 is 9.73 Å². The second kappa shape index (κ2) is 7.21. The maximum absolute atomic E-state index is 13.8. The molecule has 6 heteroatoms. The molecule has 1 amide bonds. The van der Waals surface area contributed by atoms with Gasteiger partial charge in [-0.3, -0.25) is 4.79 Å². The number of nitrogens with zero attached hydrogens (tertiary/aromatic N) is 1. The summed E-state index contributed by atoms with van der Waals surface area (Å²) in [7, 11) is 0. The topological polar surface area (TPSA) is 55.1 Å². The van der Waals surface area contributed by atoms with E-state index in [0.29, 0.717) is 17.2 Å². The van der Waals surface area contributed by atoms with Crippen LogP contribution >= 0.6 is 11.6 Å². The monoisotopic (exact) mass is 380 g/mol. The number of halogens is 2. The Kier molecular flexibility index (Phi) is 4.60. The van der Waals surface area contributed by atoms with Crippen LogP contribution in [0.3, 0.4) is 0 Å². The highest BCUT2D eigenvalue weighted by Gasteiger charge is 2.13. The van der Waals surface area contributed by atoms with Gasteiger partial charge in [-0.15, -0.1) is 0 Å². The number of nitrogens with one attached hydrogen (secondary N) is 1. The fourth-order valence-corrected chi connectivity index (χ4v) is 2.99. The highest BCUT2D eigenvalue weighted by Crippen LogP contribution is 2.25. The van der Waals surface area contributed by atoms with Crippen molar-refractivity contribution in [3.63, 3.8) is 0 Å². The largest absolute Gasteiger partial charge is 0.436 e. The SMILES string of the molecule is O=C(Cc1c(F)cccc1Cl)Nc1ccc(-c2nc3ccccc3o2)cc1. The number of carbonyl (C=O) groups excluding carboxylic acids is 1. The van der Waals surface area contributed by atoms with Crippen LogP contribution in [0.15, 0.2) is 71.1 Å². The second-order valence-corrected chi connectivity index (χ2v) is 6.40. The van der Waals surface area contributed by atoms with Crippen LogP contribution in [0.5, 0.6) is 0 Å². The minimum Gasteiger partial charge on any atom is -0.436 e. The predicted octanol–water partition coefficient (Wildman–Crippen LogP) is 5.47. The van der Waals surface area contributed by atoms with E-state index in [-0.39, 0.29) is 22.9 Å². The Bertz CT molecular complexity index is 1070. The predicted molar refractivity (Wildman–Crippen MR) is 103 cm³/mol. The van der Waals surface area contributed by atoms with Crippen molar-refractivity contribution in [1.29, 1.82) is 0 Å². The van der Waals surface area contributed by atoms with E-state index in [9.17, 15) is 9.18 Å². The number of fused-ring (bicyclic) bond motifs is 1. The van der Waals surface area contributed by atoms with Gasteiger partial charge in [-0.25, -0.2) is 9.37 Å². The van der Waals surface area contributed by atoms with E-state index in [4.69, 9.17) is 16.0 Å². The van der Waals surface area contributed by atoms with E-state index in [2.05, 4.69) is 10.3 Å². The minimum absolute atomic E-state index is 0.140. The van der Waals surface area contributed by atoms with Crippen LogP contribution < -0.4 is 5.32 Å². The van der Waals surface area contributed by atoms with Crippen molar-refractivity contribution in [2.75, 3.05) is 5.32 Å². The van der Waals surface area contributed by atoms with Crippen LogP contribution in [0.2, 0.25) is 5.02 Å². The fourth-order valence-electron chi connectivity index (χ4n) is 2.76. The van der Waals surface area contributed by atoms with Crippen molar-refractivity contribution < 1.29 is 13.6 Å². The highest BCUT2D eigenvalue weighted by atomic mass is 35.5. The van der Waals surface area contributed by atoms with Crippen molar-refractivity contribution in [2.24, 2.45) is 0 Å². The third-order valence-corrected chi connectivity index (χ3v) is 4.46. The summed E-state index contributed by atoms with van der Waals surface area (Å²) in [4.78, 5) is 16.6. The molecule has 4 nitrogen and oxygen atoms in total. The van der Waals surface area contributed by atoms with Crippen molar-refractivity contribution in [2.45, 2.75) is 6.42 Å². The summed E-state index contributed by atoms with van der Waals surface area (Å²) in [5, 5.41) is 2.97. The summed E-state index contributed by atoms with van der Waals surface area (Å²) in [5.74, 6) is -0.340. The van der Waals surface area contributed by atoms with Crippen LogP contribution in [0.25, 0.3) is 22.6 Å². The summed E-state index contributed by atoms with van der Waals surface area (Å²) >= 11 is 5.96. The number of benzene rings is 3. The molecule has 1 heterocycles. The lowest BCUT2D eigenvalue weighted by Gasteiger charge is -2.08. The van der Waals surface area contributed by atoms with Gasteiger partial charge in [0.25, 0.3) is 0 Å². The van der Waals surface area contributed by atoms with E-state index in [1.165, 1.54) is 12.1 Å². The van der Waals surface area contributed by atoms with Crippen LogP contribution in [-0.2, 0) is 11.2 Å². The molecule has 0 aliphatic carbocycles. The van der Waals surface area contributed by atoms with Crippen molar-refractivity contribution in [3.05, 3.63) is 83.1 Å². The van der Waals surface area contributed by atoms with Crippen molar-refractivity contribution >= 4 is 34.3 Å².